The number of rotatable bonds is 6. The maximum Gasteiger partial charge on any atom is 0.302 e. The molecule has 0 radical (unpaired) electrons. The van der Waals surface area contributed by atoms with Crippen molar-refractivity contribution in [1.29, 1.82) is 0 Å². The van der Waals surface area contributed by atoms with Crippen LogP contribution in [0.1, 0.15) is 33.6 Å². The molecule has 0 N–H and O–H groups in total. The summed E-state index contributed by atoms with van der Waals surface area (Å²) in [5, 5.41) is 0. The fourth-order valence-corrected chi connectivity index (χ4v) is 0.979. The highest BCUT2D eigenvalue weighted by Gasteiger charge is 1.92. The zero-order chi connectivity index (χ0) is 11.7. The lowest BCUT2D eigenvalue weighted by Gasteiger charge is -1.99. The first-order chi connectivity index (χ1) is 7.06. The number of carbonyl (C=O) groups excluding carboxylic acids is 2. The van der Waals surface area contributed by atoms with Gasteiger partial charge >= 0.3 is 5.97 Å². The van der Waals surface area contributed by atoms with Gasteiger partial charge in [-0.3, -0.25) is 9.59 Å². The van der Waals surface area contributed by atoms with Gasteiger partial charge in [0.25, 0.3) is 0 Å². The van der Waals surface area contributed by atoms with E-state index >= 15 is 0 Å². The lowest BCUT2D eigenvalue weighted by molar-refractivity contribution is -0.139. The van der Waals surface area contributed by atoms with Crippen molar-refractivity contribution in [1.82, 2.24) is 0 Å². The Morgan fingerprint density at radius 3 is 2.40 bits per heavy atom. The molecule has 0 aliphatic carbocycles. The average Bonchev–Trinajstić information content (AvgIpc) is 2.17. The molecule has 0 amide bonds. The van der Waals surface area contributed by atoms with Gasteiger partial charge in [0.2, 0.25) is 0 Å². The molecule has 0 saturated heterocycles. The number of hydrogen-bond acceptors (Lipinski definition) is 3. The van der Waals surface area contributed by atoms with Gasteiger partial charge in [0.1, 0.15) is 12.9 Å². The molecule has 84 valence electrons. The molecule has 15 heavy (non-hydrogen) atoms. The summed E-state index contributed by atoms with van der Waals surface area (Å²) in [5.74, 6) is -0.268. The van der Waals surface area contributed by atoms with Crippen LogP contribution in [0.5, 0.6) is 0 Å². The van der Waals surface area contributed by atoms with E-state index in [0.717, 1.165) is 30.3 Å². The summed E-state index contributed by atoms with van der Waals surface area (Å²) in [6.07, 6.45) is 6.35. The van der Waals surface area contributed by atoms with Crippen LogP contribution in [0.2, 0.25) is 0 Å². The molecule has 0 aliphatic heterocycles. The standard InChI is InChI=1S/C12H18O3/c1-10(7-8-15-12(3)14)5-4-6-11(2)9-13/h6-7,9H,4-5,8H2,1-3H3/b10-7+,11-6-. The monoisotopic (exact) mass is 210 g/mol. The summed E-state index contributed by atoms with van der Waals surface area (Å²) in [5.41, 5.74) is 1.91. The smallest absolute Gasteiger partial charge is 0.302 e. The van der Waals surface area contributed by atoms with E-state index in [0.29, 0.717) is 6.61 Å². The van der Waals surface area contributed by atoms with Crippen LogP contribution in [0.15, 0.2) is 23.3 Å². The molecule has 0 aromatic carbocycles. The van der Waals surface area contributed by atoms with Crippen molar-refractivity contribution in [3.8, 4) is 0 Å². The van der Waals surface area contributed by atoms with Crippen LogP contribution < -0.4 is 0 Å². The van der Waals surface area contributed by atoms with Gasteiger partial charge in [0.05, 0.1) is 0 Å². The molecular weight excluding hydrogens is 192 g/mol. The quantitative estimate of drug-likeness (QED) is 0.292. The Morgan fingerprint density at radius 1 is 1.20 bits per heavy atom. The van der Waals surface area contributed by atoms with Crippen LogP contribution in [0.4, 0.5) is 0 Å². The second-order valence-electron chi connectivity index (χ2n) is 3.46. The molecule has 0 heterocycles. The molecule has 0 fully saturated rings. The Morgan fingerprint density at radius 2 is 1.87 bits per heavy atom. The van der Waals surface area contributed by atoms with Gasteiger partial charge in [-0.2, -0.15) is 0 Å². The molecule has 0 aliphatic rings. The SMILES string of the molecule is CC(=O)OC/C=C(\C)CC/C=C(/C)C=O. The predicted molar refractivity (Wildman–Crippen MR) is 59.4 cm³/mol. The largest absolute Gasteiger partial charge is 0.462 e. The number of aldehydes is 1. The Bertz CT molecular complexity index is 275. The third-order valence-electron chi connectivity index (χ3n) is 1.91. The minimum Gasteiger partial charge on any atom is -0.462 e. The van der Waals surface area contributed by atoms with Crippen molar-refractivity contribution in [2.24, 2.45) is 0 Å². The van der Waals surface area contributed by atoms with E-state index in [4.69, 9.17) is 4.74 Å². The molecule has 0 saturated carbocycles. The molecule has 0 spiro atoms. The summed E-state index contributed by atoms with van der Waals surface area (Å²) in [6.45, 7) is 5.48. The first kappa shape index (κ1) is 13.6. The molecule has 3 heteroatoms. The predicted octanol–water partition coefficient (Wildman–Crippen LogP) is 2.42. The van der Waals surface area contributed by atoms with Crippen LogP contribution >= 0.6 is 0 Å². The lowest BCUT2D eigenvalue weighted by Crippen LogP contribution is -1.98. The number of carbonyl (C=O) groups is 2. The Labute approximate surface area is 90.8 Å². The minimum atomic E-state index is -0.268. The lowest BCUT2D eigenvalue weighted by atomic mass is 10.1. The maximum atomic E-state index is 10.5. The summed E-state index contributed by atoms with van der Waals surface area (Å²) in [7, 11) is 0. The van der Waals surface area contributed by atoms with E-state index in [-0.39, 0.29) is 5.97 Å². The average molecular weight is 210 g/mol. The maximum absolute atomic E-state index is 10.5. The fourth-order valence-electron chi connectivity index (χ4n) is 0.979. The van der Waals surface area contributed by atoms with Crippen molar-refractivity contribution in [2.45, 2.75) is 33.6 Å². The van der Waals surface area contributed by atoms with Gasteiger partial charge < -0.3 is 4.74 Å². The van der Waals surface area contributed by atoms with Crippen molar-refractivity contribution in [2.75, 3.05) is 6.61 Å². The van der Waals surface area contributed by atoms with E-state index in [1.165, 1.54) is 6.92 Å². The molecule has 0 atom stereocenters. The Kier molecular flexibility index (Phi) is 7.24. The summed E-state index contributed by atoms with van der Waals surface area (Å²) < 4.78 is 4.77. The summed E-state index contributed by atoms with van der Waals surface area (Å²) in [4.78, 5) is 20.8. The fraction of sp³-hybridized carbons (Fsp3) is 0.500. The van der Waals surface area contributed by atoms with Crippen LogP contribution in [0.3, 0.4) is 0 Å². The number of esters is 1. The molecule has 3 nitrogen and oxygen atoms in total. The molecular formula is C12H18O3. The molecule has 0 aromatic heterocycles. The van der Waals surface area contributed by atoms with E-state index in [2.05, 4.69) is 0 Å². The van der Waals surface area contributed by atoms with E-state index in [1.54, 1.807) is 6.92 Å². The first-order valence-electron chi connectivity index (χ1n) is 4.97. The minimum absolute atomic E-state index is 0.268. The number of hydrogen-bond donors (Lipinski definition) is 0. The third-order valence-corrected chi connectivity index (χ3v) is 1.91. The molecule has 0 unspecified atom stereocenters. The van der Waals surface area contributed by atoms with Crippen LogP contribution in [-0.2, 0) is 14.3 Å². The Balaban J connectivity index is 3.77. The summed E-state index contributed by atoms with van der Waals surface area (Å²) >= 11 is 0. The van der Waals surface area contributed by atoms with E-state index in [9.17, 15) is 9.59 Å². The topological polar surface area (TPSA) is 43.4 Å². The van der Waals surface area contributed by atoms with Crippen LogP contribution in [0.25, 0.3) is 0 Å². The highest BCUT2D eigenvalue weighted by Crippen LogP contribution is 2.05. The van der Waals surface area contributed by atoms with Gasteiger partial charge in [-0.1, -0.05) is 11.6 Å². The first-order valence-corrected chi connectivity index (χ1v) is 4.97. The molecule has 0 rings (SSSR count). The normalized spacial score (nSPS) is 12.5. The molecule has 0 bridgehead atoms. The van der Waals surface area contributed by atoms with Crippen molar-refractivity contribution < 1.29 is 14.3 Å². The second kappa shape index (κ2) is 7.97. The second-order valence-corrected chi connectivity index (χ2v) is 3.46. The summed E-state index contributed by atoms with van der Waals surface area (Å²) in [6, 6.07) is 0. The zero-order valence-corrected chi connectivity index (χ0v) is 9.58. The third kappa shape index (κ3) is 8.94. The van der Waals surface area contributed by atoms with Crippen molar-refractivity contribution in [3.63, 3.8) is 0 Å². The van der Waals surface area contributed by atoms with Crippen molar-refractivity contribution in [3.05, 3.63) is 23.3 Å². The number of allylic oxidation sites excluding steroid dienone is 3. The zero-order valence-electron chi connectivity index (χ0n) is 9.58. The molecule has 0 aromatic rings. The van der Waals surface area contributed by atoms with E-state index in [1.807, 2.05) is 19.1 Å². The van der Waals surface area contributed by atoms with Gasteiger partial charge in [-0.15, -0.1) is 0 Å². The highest BCUT2D eigenvalue weighted by molar-refractivity contribution is 5.71. The number of ether oxygens (including phenoxy) is 1. The van der Waals surface area contributed by atoms with Crippen molar-refractivity contribution >= 4 is 12.3 Å². The van der Waals surface area contributed by atoms with Gasteiger partial charge in [0.15, 0.2) is 0 Å². The van der Waals surface area contributed by atoms with E-state index < -0.39 is 0 Å². The Hall–Kier alpha value is -1.38. The van der Waals surface area contributed by atoms with Crippen LogP contribution in [-0.4, -0.2) is 18.9 Å². The van der Waals surface area contributed by atoms with Crippen LogP contribution in [0, 0.1) is 0 Å². The van der Waals surface area contributed by atoms with Gasteiger partial charge in [0, 0.05) is 6.92 Å². The van der Waals surface area contributed by atoms with Gasteiger partial charge in [-0.05, 0) is 38.3 Å². The van der Waals surface area contributed by atoms with Gasteiger partial charge in [-0.25, -0.2) is 0 Å². The highest BCUT2D eigenvalue weighted by atomic mass is 16.5.